The van der Waals surface area contributed by atoms with E-state index in [1.54, 1.807) is 0 Å². The topological polar surface area (TPSA) is 37.8 Å². The summed E-state index contributed by atoms with van der Waals surface area (Å²) in [6.07, 6.45) is 1.08. The molecule has 1 unspecified atom stereocenters. The first-order chi connectivity index (χ1) is 8.31. The largest absolute Gasteiger partial charge is 0.305 e. The van der Waals surface area contributed by atoms with E-state index in [1.807, 2.05) is 29.6 Å². The molecule has 2 rings (SSSR count). The number of benzene rings is 1. The Hall–Kier alpha value is -0.970. The van der Waals surface area contributed by atoms with Crippen molar-refractivity contribution in [3.8, 4) is 0 Å². The molecule has 5 heteroatoms. The molecule has 0 aliphatic carbocycles. The van der Waals surface area contributed by atoms with E-state index in [0.717, 1.165) is 29.2 Å². The summed E-state index contributed by atoms with van der Waals surface area (Å²) in [6.45, 7) is 3.09. The highest BCUT2D eigenvalue weighted by Gasteiger charge is 2.15. The monoisotopic (exact) mass is 267 g/mol. The van der Waals surface area contributed by atoms with E-state index in [4.69, 9.17) is 11.6 Å². The Bertz CT molecular complexity index is 441. The van der Waals surface area contributed by atoms with Gasteiger partial charge in [-0.2, -0.15) is 0 Å². The van der Waals surface area contributed by atoms with Crippen molar-refractivity contribution >= 4 is 23.1 Å². The van der Waals surface area contributed by atoms with E-state index in [9.17, 15) is 0 Å². The second-order valence-corrected chi connectivity index (χ2v) is 4.81. The Morgan fingerprint density at radius 1 is 1.35 bits per heavy atom. The second kappa shape index (κ2) is 6.10. The van der Waals surface area contributed by atoms with E-state index in [0.29, 0.717) is 0 Å². The van der Waals surface area contributed by atoms with E-state index >= 15 is 0 Å². The third-order valence-electron chi connectivity index (χ3n) is 2.47. The average molecular weight is 268 g/mol. The highest BCUT2D eigenvalue weighted by atomic mass is 35.5. The van der Waals surface area contributed by atoms with Gasteiger partial charge in [0.05, 0.1) is 11.7 Å². The molecule has 1 atom stereocenters. The van der Waals surface area contributed by atoms with Crippen molar-refractivity contribution in [1.82, 2.24) is 14.9 Å². The van der Waals surface area contributed by atoms with Crippen LogP contribution in [-0.4, -0.2) is 16.1 Å². The average Bonchev–Trinajstić information content (AvgIpc) is 2.85. The van der Waals surface area contributed by atoms with Crippen LogP contribution in [0.3, 0.4) is 0 Å². The van der Waals surface area contributed by atoms with Gasteiger partial charge in [0.15, 0.2) is 0 Å². The molecule has 90 valence electrons. The molecule has 0 amide bonds. The predicted octanol–water partition coefficient (Wildman–Crippen LogP) is 3.28. The standard InChI is InChI=1S/C12H14ClN3S/c1-2-7-14-12(11-8-17-16-15-11)9-3-5-10(13)6-4-9/h3-6,8,12,14H,2,7H2,1H3. The summed E-state index contributed by atoms with van der Waals surface area (Å²) in [5, 5.41) is 10.3. The number of halogens is 1. The minimum Gasteiger partial charge on any atom is -0.305 e. The van der Waals surface area contributed by atoms with Crippen LogP contribution in [0.2, 0.25) is 5.02 Å². The van der Waals surface area contributed by atoms with E-state index < -0.39 is 0 Å². The molecule has 1 aromatic carbocycles. The minimum absolute atomic E-state index is 0.103. The van der Waals surface area contributed by atoms with Crippen LogP contribution in [0.1, 0.15) is 30.6 Å². The maximum absolute atomic E-state index is 5.90. The van der Waals surface area contributed by atoms with Crippen LogP contribution in [0.4, 0.5) is 0 Å². The maximum Gasteiger partial charge on any atom is 0.0970 e. The molecule has 0 spiro atoms. The summed E-state index contributed by atoms with van der Waals surface area (Å²) < 4.78 is 3.92. The molecular formula is C12H14ClN3S. The zero-order chi connectivity index (χ0) is 12.1. The third kappa shape index (κ3) is 3.25. The molecule has 0 aliphatic rings. The van der Waals surface area contributed by atoms with Gasteiger partial charge in [-0.1, -0.05) is 35.1 Å². The zero-order valence-electron chi connectivity index (χ0n) is 9.56. The molecule has 0 saturated carbocycles. The lowest BCUT2D eigenvalue weighted by molar-refractivity contribution is 0.585. The van der Waals surface area contributed by atoms with Crippen molar-refractivity contribution in [3.63, 3.8) is 0 Å². The van der Waals surface area contributed by atoms with Crippen molar-refractivity contribution in [2.45, 2.75) is 19.4 Å². The first-order valence-electron chi connectivity index (χ1n) is 5.57. The molecule has 17 heavy (non-hydrogen) atoms. The van der Waals surface area contributed by atoms with Crippen LogP contribution >= 0.6 is 23.1 Å². The summed E-state index contributed by atoms with van der Waals surface area (Å²) in [6, 6.07) is 7.95. The van der Waals surface area contributed by atoms with Gasteiger partial charge in [0, 0.05) is 10.4 Å². The van der Waals surface area contributed by atoms with Crippen molar-refractivity contribution in [1.29, 1.82) is 0 Å². The Labute approximate surface area is 110 Å². The molecule has 1 aromatic heterocycles. The van der Waals surface area contributed by atoms with Crippen molar-refractivity contribution in [2.75, 3.05) is 6.54 Å². The van der Waals surface area contributed by atoms with Gasteiger partial charge in [-0.25, -0.2) is 0 Å². The smallest absolute Gasteiger partial charge is 0.0970 e. The number of aromatic nitrogens is 2. The maximum atomic E-state index is 5.90. The first-order valence-corrected chi connectivity index (χ1v) is 6.78. The normalized spacial score (nSPS) is 12.6. The van der Waals surface area contributed by atoms with Gasteiger partial charge in [0.1, 0.15) is 0 Å². The van der Waals surface area contributed by atoms with Gasteiger partial charge in [-0.05, 0) is 42.2 Å². The van der Waals surface area contributed by atoms with Crippen LogP contribution in [-0.2, 0) is 0 Å². The van der Waals surface area contributed by atoms with Gasteiger partial charge in [-0.3, -0.25) is 0 Å². The quantitative estimate of drug-likeness (QED) is 0.903. The molecule has 0 aliphatic heterocycles. The van der Waals surface area contributed by atoms with Crippen LogP contribution in [0, 0.1) is 0 Å². The molecule has 3 nitrogen and oxygen atoms in total. The Kier molecular flexibility index (Phi) is 4.48. The zero-order valence-corrected chi connectivity index (χ0v) is 11.1. The molecule has 0 radical (unpaired) electrons. The lowest BCUT2D eigenvalue weighted by Crippen LogP contribution is -2.23. The van der Waals surface area contributed by atoms with Gasteiger partial charge < -0.3 is 5.32 Å². The van der Waals surface area contributed by atoms with E-state index in [2.05, 4.69) is 21.8 Å². The van der Waals surface area contributed by atoms with Crippen molar-refractivity contribution < 1.29 is 0 Å². The Morgan fingerprint density at radius 2 is 2.12 bits per heavy atom. The molecular weight excluding hydrogens is 254 g/mol. The lowest BCUT2D eigenvalue weighted by atomic mass is 10.0. The van der Waals surface area contributed by atoms with Gasteiger partial charge in [-0.15, -0.1) is 5.10 Å². The number of rotatable bonds is 5. The van der Waals surface area contributed by atoms with Crippen LogP contribution in [0.5, 0.6) is 0 Å². The Balaban J connectivity index is 2.23. The van der Waals surface area contributed by atoms with E-state index in [-0.39, 0.29) is 6.04 Å². The highest BCUT2D eigenvalue weighted by molar-refractivity contribution is 7.03. The Morgan fingerprint density at radius 3 is 2.71 bits per heavy atom. The molecule has 0 bridgehead atoms. The fourth-order valence-electron chi connectivity index (χ4n) is 1.63. The van der Waals surface area contributed by atoms with Crippen LogP contribution in [0.15, 0.2) is 29.6 Å². The fraction of sp³-hybridized carbons (Fsp3) is 0.333. The van der Waals surface area contributed by atoms with Gasteiger partial charge in [0.25, 0.3) is 0 Å². The minimum atomic E-state index is 0.103. The van der Waals surface area contributed by atoms with Gasteiger partial charge >= 0.3 is 0 Å². The number of hydrogen-bond donors (Lipinski definition) is 1. The summed E-state index contributed by atoms with van der Waals surface area (Å²) in [5.74, 6) is 0. The highest BCUT2D eigenvalue weighted by Crippen LogP contribution is 2.22. The number of hydrogen-bond acceptors (Lipinski definition) is 4. The molecule has 1 heterocycles. The summed E-state index contributed by atoms with van der Waals surface area (Å²) in [5.41, 5.74) is 2.13. The van der Waals surface area contributed by atoms with E-state index in [1.165, 1.54) is 11.5 Å². The number of nitrogens with one attached hydrogen (secondary N) is 1. The molecule has 2 aromatic rings. The summed E-state index contributed by atoms with van der Waals surface area (Å²) >= 11 is 7.27. The van der Waals surface area contributed by atoms with Crippen molar-refractivity contribution in [2.24, 2.45) is 0 Å². The molecule has 0 saturated heterocycles. The van der Waals surface area contributed by atoms with Crippen LogP contribution < -0.4 is 5.32 Å². The lowest BCUT2D eigenvalue weighted by Gasteiger charge is -2.16. The van der Waals surface area contributed by atoms with Gasteiger partial charge in [0.2, 0.25) is 0 Å². The molecule has 0 fully saturated rings. The third-order valence-corrected chi connectivity index (χ3v) is 3.25. The van der Waals surface area contributed by atoms with Crippen molar-refractivity contribution in [3.05, 3.63) is 45.9 Å². The van der Waals surface area contributed by atoms with Crippen LogP contribution in [0.25, 0.3) is 0 Å². The molecule has 1 N–H and O–H groups in total. The first kappa shape index (κ1) is 12.5. The summed E-state index contributed by atoms with van der Waals surface area (Å²) in [4.78, 5) is 0. The summed E-state index contributed by atoms with van der Waals surface area (Å²) in [7, 11) is 0. The fourth-order valence-corrected chi connectivity index (χ4v) is 2.24. The predicted molar refractivity (Wildman–Crippen MR) is 71.5 cm³/mol. The SMILES string of the molecule is CCCNC(c1ccc(Cl)cc1)c1csnn1. The number of nitrogens with zero attached hydrogens (tertiary/aromatic N) is 2. The second-order valence-electron chi connectivity index (χ2n) is 3.77.